The fraction of sp³-hybridized carbons (Fsp3) is 0.200. The number of carbonyl (C=O) groups excluding carboxylic acids is 1. The summed E-state index contributed by atoms with van der Waals surface area (Å²) in [4.78, 5) is 13.4. The molecule has 0 unspecified atom stereocenters. The monoisotopic (exact) mass is 178 g/mol. The maximum Gasteiger partial charge on any atom is 0.374 e. The number of nitrogens with zero attached hydrogens (tertiary/aromatic N) is 1. The number of carbonyl (C=O) groups is 1. The largest absolute Gasteiger partial charge is 0.374 e. The van der Waals surface area contributed by atoms with E-state index in [9.17, 15) is 13.6 Å². The number of nitrogens with two attached hydrogens (primary N) is 1. The molecule has 0 spiro atoms. The van der Waals surface area contributed by atoms with Crippen LogP contribution < -0.4 is 5.73 Å². The lowest BCUT2D eigenvalue weighted by Gasteiger charge is -2.06. The van der Waals surface area contributed by atoms with E-state index in [-0.39, 0.29) is 0 Å². The highest BCUT2D eigenvalue weighted by atomic mass is 32.1. The third-order valence-corrected chi connectivity index (χ3v) is 1.85. The summed E-state index contributed by atoms with van der Waals surface area (Å²) in [6, 6.07) is 0. The number of thiazole rings is 1. The van der Waals surface area contributed by atoms with Gasteiger partial charge in [-0.05, 0) is 0 Å². The van der Waals surface area contributed by atoms with E-state index in [2.05, 4.69) is 10.7 Å². The van der Waals surface area contributed by atoms with E-state index in [0.29, 0.717) is 11.3 Å². The lowest BCUT2D eigenvalue weighted by molar-refractivity contribution is -0.143. The molecular formula is C5H4F2N2OS. The Hall–Kier alpha value is -1.04. The van der Waals surface area contributed by atoms with E-state index in [1.54, 1.807) is 0 Å². The topological polar surface area (TPSA) is 56.0 Å². The van der Waals surface area contributed by atoms with Gasteiger partial charge in [-0.2, -0.15) is 8.78 Å². The van der Waals surface area contributed by atoms with Crippen molar-refractivity contribution in [2.24, 2.45) is 5.73 Å². The number of primary amides is 1. The zero-order valence-corrected chi connectivity index (χ0v) is 6.07. The summed E-state index contributed by atoms with van der Waals surface area (Å²) < 4.78 is 25.2. The molecule has 1 amide bonds. The molecule has 1 aromatic rings. The lowest BCUT2D eigenvalue weighted by Crippen LogP contribution is -2.32. The van der Waals surface area contributed by atoms with Gasteiger partial charge in [-0.25, -0.2) is 4.98 Å². The number of aromatic nitrogens is 1. The molecule has 11 heavy (non-hydrogen) atoms. The average molecular weight is 178 g/mol. The average Bonchev–Trinajstić information content (AvgIpc) is 2.37. The van der Waals surface area contributed by atoms with Crippen LogP contribution >= 0.6 is 11.3 Å². The predicted octanol–water partition coefficient (Wildman–Crippen LogP) is 0.720. The first-order valence-corrected chi connectivity index (χ1v) is 3.51. The second-order valence-electron chi connectivity index (χ2n) is 1.78. The second kappa shape index (κ2) is 2.54. The molecule has 3 nitrogen and oxygen atoms in total. The first-order valence-electron chi connectivity index (χ1n) is 2.63. The molecule has 0 aliphatic rings. The van der Waals surface area contributed by atoms with E-state index in [0.717, 1.165) is 0 Å². The van der Waals surface area contributed by atoms with Gasteiger partial charge in [0.25, 0.3) is 5.91 Å². The lowest BCUT2D eigenvalue weighted by atomic mass is 10.3. The normalized spacial score (nSPS) is 11.5. The molecule has 0 fully saturated rings. The van der Waals surface area contributed by atoms with Crippen molar-refractivity contribution in [1.29, 1.82) is 0 Å². The number of amides is 1. The third-order valence-electron chi connectivity index (χ3n) is 1.01. The van der Waals surface area contributed by atoms with Gasteiger partial charge >= 0.3 is 5.92 Å². The van der Waals surface area contributed by atoms with Crippen LogP contribution in [0.1, 0.15) is 5.01 Å². The minimum atomic E-state index is -3.63. The van der Waals surface area contributed by atoms with Gasteiger partial charge in [-0.1, -0.05) is 0 Å². The minimum Gasteiger partial charge on any atom is -0.364 e. The fourth-order valence-corrected chi connectivity index (χ4v) is 1.10. The molecule has 0 bridgehead atoms. The summed E-state index contributed by atoms with van der Waals surface area (Å²) in [5.74, 6) is -5.30. The SMILES string of the molecule is NC(=O)C(F)(F)c1nccs1. The van der Waals surface area contributed by atoms with Gasteiger partial charge in [0, 0.05) is 11.6 Å². The summed E-state index contributed by atoms with van der Waals surface area (Å²) >= 11 is 0.696. The van der Waals surface area contributed by atoms with Gasteiger partial charge in [0.1, 0.15) is 0 Å². The van der Waals surface area contributed by atoms with Crippen LogP contribution in [0, 0.1) is 0 Å². The first kappa shape index (κ1) is 8.06. The molecule has 1 aromatic heterocycles. The van der Waals surface area contributed by atoms with Gasteiger partial charge in [0.2, 0.25) is 0 Å². The van der Waals surface area contributed by atoms with Crippen molar-refractivity contribution in [3.05, 3.63) is 16.6 Å². The Morgan fingerprint density at radius 2 is 2.36 bits per heavy atom. The van der Waals surface area contributed by atoms with Crippen LogP contribution in [0.4, 0.5) is 8.78 Å². The van der Waals surface area contributed by atoms with Crippen molar-refractivity contribution in [3.8, 4) is 0 Å². The summed E-state index contributed by atoms with van der Waals surface area (Å²) in [6.07, 6.45) is 1.19. The van der Waals surface area contributed by atoms with Crippen LogP contribution in [-0.2, 0) is 10.7 Å². The van der Waals surface area contributed by atoms with Crippen molar-refractivity contribution >= 4 is 17.2 Å². The van der Waals surface area contributed by atoms with Crippen LogP contribution in [0.2, 0.25) is 0 Å². The Balaban J connectivity index is 3.00. The van der Waals surface area contributed by atoms with Gasteiger partial charge in [-0.15, -0.1) is 11.3 Å². The second-order valence-corrected chi connectivity index (χ2v) is 2.67. The number of rotatable bonds is 2. The quantitative estimate of drug-likeness (QED) is 0.725. The Morgan fingerprint density at radius 1 is 1.73 bits per heavy atom. The molecular weight excluding hydrogens is 174 g/mol. The fourth-order valence-electron chi connectivity index (χ4n) is 0.484. The predicted molar refractivity (Wildman–Crippen MR) is 35.2 cm³/mol. The molecule has 1 heterocycles. The number of alkyl halides is 2. The number of hydrogen-bond acceptors (Lipinski definition) is 3. The first-order chi connectivity index (χ1) is 5.05. The smallest absolute Gasteiger partial charge is 0.364 e. The Kier molecular flexibility index (Phi) is 1.86. The van der Waals surface area contributed by atoms with Crippen LogP contribution in [0.3, 0.4) is 0 Å². The summed E-state index contributed by atoms with van der Waals surface area (Å²) in [5, 5.41) is 0.789. The number of halogens is 2. The van der Waals surface area contributed by atoms with Crippen LogP contribution in [0.5, 0.6) is 0 Å². The van der Waals surface area contributed by atoms with Crippen LogP contribution in [0.25, 0.3) is 0 Å². The molecule has 0 aliphatic carbocycles. The Morgan fingerprint density at radius 3 is 2.73 bits per heavy atom. The zero-order chi connectivity index (χ0) is 8.48. The molecule has 0 saturated carbocycles. The highest BCUT2D eigenvalue weighted by Gasteiger charge is 2.41. The molecule has 0 aromatic carbocycles. The molecule has 0 radical (unpaired) electrons. The van der Waals surface area contributed by atoms with Crippen LogP contribution in [-0.4, -0.2) is 10.9 Å². The van der Waals surface area contributed by atoms with Crippen molar-refractivity contribution in [2.45, 2.75) is 5.92 Å². The van der Waals surface area contributed by atoms with Crippen LogP contribution in [0.15, 0.2) is 11.6 Å². The van der Waals surface area contributed by atoms with Crippen molar-refractivity contribution in [3.63, 3.8) is 0 Å². The maximum atomic E-state index is 12.6. The van der Waals surface area contributed by atoms with E-state index < -0.39 is 16.8 Å². The summed E-state index contributed by atoms with van der Waals surface area (Å²) in [5.41, 5.74) is 4.44. The molecule has 0 atom stereocenters. The van der Waals surface area contributed by atoms with Crippen molar-refractivity contribution < 1.29 is 13.6 Å². The molecule has 6 heteroatoms. The van der Waals surface area contributed by atoms with E-state index >= 15 is 0 Å². The van der Waals surface area contributed by atoms with Gasteiger partial charge in [0.15, 0.2) is 5.01 Å². The van der Waals surface area contributed by atoms with Gasteiger partial charge in [0.05, 0.1) is 0 Å². The van der Waals surface area contributed by atoms with Gasteiger partial charge < -0.3 is 5.73 Å². The molecule has 1 rings (SSSR count). The summed E-state index contributed by atoms with van der Waals surface area (Å²) in [7, 11) is 0. The standard InChI is InChI=1S/C5H4F2N2OS/c6-5(7,3(8)10)4-9-1-2-11-4/h1-2H,(H2,8,10). The third kappa shape index (κ3) is 1.35. The molecule has 2 N–H and O–H groups in total. The van der Waals surface area contributed by atoms with Crippen molar-refractivity contribution in [1.82, 2.24) is 4.98 Å². The van der Waals surface area contributed by atoms with Gasteiger partial charge in [-0.3, -0.25) is 4.79 Å². The van der Waals surface area contributed by atoms with Crippen molar-refractivity contribution in [2.75, 3.05) is 0 Å². The maximum absolute atomic E-state index is 12.6. The number of hydrogen-bond donors (Lipinski definition) is 1. The van der Waals surface area contributed by atoms with E-state index in [1.807, 2.05) is 0 Å². The minimum absolute atomic E-state index is 0.565. The highest BCUT2D eigenvalue weighted by molar-refractivity contribution is 7.09. The Bertz CT molecular complexity index is 259. The van der Waals surface area contributed by atoms with E-state index in [1.165, 1.54) is 11.6 Å². The highest BCUT2D eigenvalue weighted by Crippen LogP contribution is 2.28. The summed E-state index contributed by atoms with van der Waals surface area (Å²) in [6.45, 7) is 0. The molecule has 60 valence electrons. The van der Waals surface area contributed by atoms with E-state index in [4.69, 9.17) is 0 Å². The molecule has 0 aliphatic heterocycles. The Labute approximate surface area is 64.9 Å². The zero-order valence-electron chi connectivity index (χ0n) is 5.25. The molecule has 0 saturated heterocycles.